The van der Waals surface area contributed by atoms with E-state index in [-0.39, 0.29) is 23.1 Å². The summed E-state index contributed by atoms with van der Waals surface area (Å²) in [6, 6.07) is 0. The maximum absolute atomic E-state index is 10.1. The Balaban J connectivity index is -0.000000688. The van der Waals surface area contributed by atoms with E-state index in [1.54, 1.807) is 12.2 Å². The van der Waals surface area contributed by atoms with Crippen LogP contribution >= 0.6 is 0 Å². The van der Waals surface area contributed by atoms with Crippen LogP contribution in [0.2, 0.25) is 0 Å². The first-order valence-corrected chi connectivity index (χ1v) is 17.3. The average molecular weight is 587 g/mol. The molecule has 0 aromatic carbocycles. The molecule has 0 fully saturated rings. The standard InChI is InChI=1S/2C18H34O2.Mg/c2*1-2-3-4-5-6-7-8-9-10-11-12-13-14-15-16-17-18(19)20;/h2*16-17H,2-15H2,1H3,(H,19,20);/q;;+2/p-2. The zero-order chi connectivity index (χ0) is 29.8. The summed E-state index contributed by atoms with van der Waals surface area (Å²) in [4.78, 5) is 20.3. The fraction of sp³-hybridized carbons (Fsp3) is 0.833. The van der Waals surface area contributed by atoms with E-state index in [4.69, 9.17) is 0 Å². The number of carbonyl (C=O) groups excluding carboxylic acids is 2. The Bertz CT molecular complexity index is 524. The van der Waals surface area contributed by atoms with Crippen LogP contribution in [0.15, 0.2) is 24.3 Å². The molecular weight excluding hydrogens is 521 g/mol. The minimum atomic E-state index is -1.08. The van der Waals surface area contributed by atoms with Gasteiger partial charge in [-0.2, -0.15) is 0 Å². The molecule has 0 saturated carbocycles. The van der Waals surface area contributed by atoms with Crippen LogP contribution in [0.25, 0.3) is 0 Å². The van der Waals surface area contributed by atoms with Crippen LogP contribution in [-0.2, 0) is 9.59 Å². The predicted molar refractivity (Wildman–Crippen MR) is 175 cm³/mol. The largest absolute Gasteiger partial charge is 2.00 e. The number of aliphatic carboxylic acids is 2. The molecule has 0 saturated heterocycles. The van der Waals surface area contributed by atoms with Gasteiger partial charge < -0.3 is 19.8 Å². The van der Waals surface area contributed by atoms with Gasteiger partial charge in [-0.15, -0.1) is 0 Å². The van der Waals surface area contributed by atoms with Gasteiger partial charge in [-0.1, -0.05) is 180 Å². The average Bonchev–Trinajstić information content (AvgIpc) is 2.93. The minimum absolute atomic E-state index is 0. The van der Waals surface area contributed by atoms with Crippen LogP contribution in [0.3, 0.4) is 0 Å². The molecule has 0 rings (SSSR count). The minimum Gasteiger partial charge on any atom is -0.545 e. The van der Waals surface area contributed by atoms with Gasteiger partial charge in [0.05, 0.1) is 11.9 Å². The molecule has 0 amide bonds. The molecule has 0 aliphatic carbocycles. The van der Waals surface area contributed by atoms with E-state index in [1.165, 1.54) is 154 Å². The number of carboxylic acid groups (broad SMARTS) is 2. The molecule has 0 radical (unpaired) electrons. The number of hydrogen-bond acceptors (Lipinski definition) is 4. The van der Waals surface area contributed by atoms with Gasteiger partial charge in [-0.05, 0) is 37.8 Å². The van der Waals surface area contributed by atoms with Crippen molar-refractivity contribution in [3.05, 3.63) is 24.3 Å². The summed E-state index contributed by atoms with van der Waals surface area (Å²) in [5.74, 6) is -2.17. The van der Waals surface area contributed by atoms with E-state index >= 15 is 0 Å². The van der Waals surface area contributed by atoms with Crippen molar-refractivity contribution < 1.29 is 19.8 Å². The molecule has 41 heavy (non-hydrogen) atoms. The Morgan fingerprint density at radius 3 is 0.780 bits per heavy atom. The van der Waals surface area contributed by atoms with Gasteiger partial charge in [0.2, 0.25) is 0 Å². The Morgan fingerprint density at radius 2 is 0.585 bits per heavy atom. The number of rotatable bonds is 30. The van der Waals surface area contributed by atoms with E-state index in [9.17, 15) is 19.8 Å². The van der Waals surface area contributed by atoms with Crippen molar-refractivity contribution in [2.45, 2.75) is 194 Å². The quantitative estimate of drug-likeness (QED) is 0.0477. The first kappa shape index (κ1) is 44.6. The monoisotopic (exact) mass is 586 g/mol. The number of allylic oxidation sites excluding steroid dienone is 2. The Morgan fingerprint density at radius 1 is 0.390 bits per heavy atom. The first-order valence-electron chi connectivity index (χ1n) is 17.3. The fourth-order valence-corrected chi connectivity index (χ4v) is 4.92. The third-order valence-corrected chi connectivity index (χ3v) is 7.46. The van der Waals surface area contributed by atoms with Crippen LogP contribution in [0.5, 0.6) is 0 Å². The van der Waals surface area contributed by atoms with Gasteiger partial charge in [0.15, 0.2) is 0 Å². The first-order chi connectivity index (χ1) is 19.5. The van der Waals surface area contributed by atoms with E-state index in [2.05, 4.69) is 13.8 Å². The molecule has 0 aliphatic heterocycles. The molecule has 0 spiro atoms. The molecule has 0 heterocycles. The Labute approximate surface area is 271 Å². The third kappa shape index (κ3) is 49.2. The topological polar surface area (TPSA) is 80.3 Å². The molecule has 0 aromatic rings. The molecule has 0 bridgehead atoms. The maximum atomic E-state index is 10.1. The van der Waals surface area contributed by atoms with E-state index in [0.717, 1.165) is 37.8 Å². The van der Waals surface area contributed by atoms with E-state index < -0.39 is 11.9 Å². The molecule has 5 heteroatoms. The summed E-state index contributed by atoms with van der Waals surface area (Å²) in [5, 5.41) is 20.3. The second kappa shape index (κ2) is 41.3. The molecule has 236 valence electrons. The third-order valence-electron chi connectivity index (χ3n) is 7.46. The van der Waals surface area contributed by atoms with Crippen molar-refractivity contribution in [1.82, 2.24) is 0 Å². The van der Waals surface area contributed by atoms with Crippen molar-refractivity contribution in [2.75, 3.05) is 0 Å². The van der Waals surface area contributed by atoms with E-state index in [0.29, 0.717) is 0 Å². The summed E-state index contributed by atoms with van der Waals surface area (Å²) in [6.07, 6.45) is 42.4. The Kier molecular flexibility index (Phi) is 45.0. The second-order valence-electron chi connectivity index (χ2n) is 11.5. The van der Waals surface area contributed by atoms with Gasteiger partial charge >= 0.3 is 23.1 Å². The smallest absolute Gasteiger partial charge is 0.545 e. The number of hydrogen-bond donors (Lipinski definition) is 0. The SMILES string of the molecule is CCCCCCCCCCCCCCCC=CC(=O)[O-].CCCCCCCCCCCCCCCC=CC(=O)[O-].[Mg+2]. The summed E-state index contributed by atoms with van der Waals surface area (Å²) >= 11 is 0. The zero-order valence-electron chi connectivity index (χ0n) is 27.4. The molecule has 0 N–H and O–H groups in total. The summed E-state index contributed by atoms with van der Waals surface area (Å²) in [6.45, 7) is 4.53. The van der Waals surface area contributed by atoms with Gasteiger partial charge in [0.25, 0.3) is 0 Å². The second-order valence-corrected chi connectivity index (χ2v) is 11.5. The van der Waals surface area contributed by atoms with Crippen LogP contribution in [-0.4, -0.2) is 35.0 Å². The van der Waals surface area contributed by atoms with Gasteiger partial charge in [-0.3, -0.25) is 0 Å². The zero-order valence-corrected chi connectivity index (χ0v) is 28.9. The van der Waals surface area contributed by atoms with Crippen LogP contribution in [0.1, 0.15) is 194 Å². The van der Waals surface area contributed by atoms with Gasteiger partial charge in [0.1, 0.15) is 0 Å². The van der Waals surface area contributed by atoms with Crippen molar-refractivity contribution in [3.63, 3.8) is 0 Å². The Hall–Kier alpha value is -0.814. The van der Waals surface area contributed by atoms with Crippen LogP contribution < -0.4 is 10.2 Å². The number of carbonyl (C=O) groups is 2. The summed E-state index contributed by atoms with van der Waals surface area (Å²) in [5.41, 5.74) is 0. The summed E-state index contributed by atoms with van der Waals surface area (Å²) in [7, 11) is 0. The molecule has 4 nitrogen and oxygen atoms in total. The van der Waals surface area contributed by atoms with Crippen molar-refractivity contribution in [1.29, 1.82) is 0 Å². The maximum Gasteiger partial charge on any atom is 2.00 e. The molecule has 0 atom stereocenters. The van der Waals surface area contributed by atoms with Crippen molar-refractivity contribution in [3.8, 4) is 0 Å². The summed E-state index contributed by atoms with van der Waals surface area (Å²) < 4.78 is 0. The molecular formula is C36H66MgO4. The van der Waals surface area contributed by atoms with Crippen molar-refractivity contribution in [2.24, 2.45) is 0 Å². The molecule has 0 aromatic heterocycles. The number of unbranched alkanes of at least 4 members (excludes halogenated alkanes) is 26. The van der Waals surface area contributed by atoms with E-state index in [1.807, 2.05) is 0 Å². The van der Waals surface area contributed by atoms with Crippen LogP contribution in [0.4, 0.5) is 0 Å². The van der Waals surface area contributed by atoms with Crippen molar-refractivity contribution >= 4 is 35.0 Å². The van der Waals surface area contributed by atoms with Gasteiger partial charge in [0, 0.05) is 0 Å². The predicted octanol–water partition coefficient (Wildman–Crippen LogP) is 9.17. The van der Waals surface area contributed by atoms with Crippen LogP contribution in [0, 0.1) is 0 Å². The number of carboxylic acids is 2. The normalized spacial score (nSPS) is 11.0. The molecule has 0 aliphatic rings. The molecule has 0 unspecified atom stereocenters. The fourth-order valence-electron chi connectivity index (χ4n) is 4.92. The van der Waals surface area contributed by atoms with Gasteiger partial charge in [-0.25, -0.2) is 0 Å².